The van der Waals surface area contributed by atoms with Crippen molar-refractivity contribution in [1.29, 1.82) is 0 Å². The van der Waals surface area contributed by atoms with E-state index in [1.165, 1.54) is 17.4 Å². The van der Waals surface area contributed by atoms with Gasteiger partial charge in [0.15, 0.2) is 6.04 Å². The number of likely N-dealkylation sites (N-methyl/N-ethyl adjacent to an activating group) is 1. The highest BCUT2D eigenvalue weighted by atomic mass is 28.3. The summed E-state index contributed by atoms with van der Waals surface area (Å²) in [5.74, 6) is 0. The van der Waals surface area contributed by atoms with Crippen LogP contribution in [0.4, 0.5) is 0 Å². The van der Waals surface area contributed by atoms with Crippen LogP contribution < -0.4 is 0 Å². The first-order chi connectivity index (χ1) is 7.91. The van der Waals surface area contributed by atoms with Crippen LogP contribution >= 0.6 is 0 Å². The summed E-state index contributed by atoms with van der Waals surface area (Å²) >= 11 is 0. The van der Waals surface area contributed by atoms with Crippen molar-refractivity contribution in [2.24, 2.45) is 0 Å². The van der Waals surface area contributed by atoms with Gasteiger partial charge in [-0.05, 0) is 6.42 Å². The molecule has 1 saturated heterocycles. The second-order valence-corrected chi connectivity index (χ2v) is 12.1. The first-order valence-electron chi connectivity index (χ1n) is 6.81. The van der Waals surface area contributed by atoms with Crippen LogP contribution in [0, 0.1) is 0 Å². The molecule has 17 heavy (non-hydrogen) atoms. The summed E-state index contributed by atoms with van der Waals surface area (Å²) < 4.78 is 1.29. The Kier molecular flexibility index (Phi) is 3.21. The van der Waals surface area contributed by atoms with Crippen molar-refractivity contribution in [2.75, 3.05) is 13.6 Å². The Morgan fingerprint density at radius 1 is 1.12 bits per heavy atom. The second-order valence-electron chi connectivity index (χ2n) is 6.74. The van der Waals surface area contributed by atoms with E-state index in [0.29, 0.717) is 0 Å². The topological polar surface area (TPSA) is 0 Å². The van der Waals surface area contributed by atoms with Crippen LogP contribution in [0.5, 0.6) is 0 Å². The van der Waals surface area contributed by atoms with Crippen LogP contribution in [0.25, 0.3) is 0 Å². The minimum atomic E-state index is -1.07. The first kappa shape index (κ1) is 12.8. The Morgan fingerprint density at radius 3 is 2.18 bits per heavy atom. The van der Waals surface area contributed by atoms with E-state index >= 15 is 0 Å². The maximum Gasteiger partial charge on any atom is 0.163 e. The zero-order valence-electron chi connectivity index (χ0n) is 11.9. The van der Waals surface area contributed by atoms with Gasteiger partial charge in [-0.1, -0.05) is 56.9 Å². The predicted octanol–water partition coefficient (Wildman–Crippen LogP) is 3.84. The number of hydrogen-bond donors (Lipinski definition) is 0. The van der Waals surface area contributed by atoms with Crippen molar-refractivity contribution >= 4 is 8.07 Å². The normalized spacial score (nSPS) is 32.5. The summed E-state index contributed by atoms with van der Waals surface area (Å²) in [6.07, 6.45) is 1.29. The third-order valence-corrected chi connectivity index (χ3v) is 6.89. The SMILES string of the molecule is CCC[N+]1(C)[C@H]([Si](C)(C)C)[C@@H]1c1ccccc1. The zero-order valence-corrected chi connectivity index (χ0v) is 12.9. The van der Waals surface area contributed by atoms with Gasteiger partial charge in [-0.25, -0.2) is 0 Å². The van der Waals surface area contributed by atoms with Crippen molar-refractivity contribution in [3.05, 3.63) is 35.9 Å². The standard InChI is InChI=1S/C15H26NSi/c1-6-12-16(2)14(15(16)17(3,4)5)13-10-8-7-9-11-13/h7-11,14-15H,6,12H2,1-5H3/q+1/t14-,15+,16?/m0/s1. The zero-order chi connectivity index (χ0) is 12.7. The number of nitrogens with zero attached hydrogens (tertiary/aromatic N) is 1. The van der Waals surface area contributed by atoms with E-state index in [9.17, 15) is 0 Å². The van der Waals surface area contributed by atoms with Gasteiger partial charge < -0.3 is 4.48 Å². The Hall–Kier alpha value is -0.603. The fourth-order valence-electron chi connectivity index (χ4n) is 3.78. The molecule has 0 saturated carbocycles. The maximum absolute atomic E-state index is 2.52. The molecule has 1 aromatic rings. The Morgan fingerprint density at radius 2 is 1.71 bits per heavy atom. The molecule has 0 bridgehead atoms. The van der Waals surface area contributed by atoms with E-state index in [1.54, 1.807) is 5.56 Å². The lowest BCUT2D eigenvalue weighted by molar-refractivity contribution is -0.802. The molecule has 1 fully saturated rings. The maximum atomic E-state index is 2.52. The lowest BCUT2D eigenvalue weighted by Crippen LogP contribution is -2.38. The second kappa shape index (κ2) is 4.25. The van der Waals surface area contributed by atoms with Crippen molar-refractivity contribution in [3.8, 4) is 0 Å². The van der Waals surface area contributed by atoms with Gasteiger partial charge in [-0.2, -0.15) is 0 Å². The molecule has 2 heteroatoms. The molecular formula is C15H26NSi+. The summed E-state index contributed by atoms with van der Waals surface area (Å²) in [6, 6.07) is 11.9. The molecule has 1 aliphatic rings. The van der Waals surface area contributed by atoms with Gasteiger partial charge in [0.25, 0.3) is 0 Å². The van der Waals surface area contributed by atoms with E-state index in [0.717, 1.165) is 11.7 Å². The van der Waals surface area contributed by atoms with Crippen LogP contribution in [0.1, 0.15) is 24.9 Å². The molecule has 0 amide bonds. The number of benzene rings is 1. The van der Waals surface area contributed by atoms with Crippen LogP contribution in [-0.2, 0) is 0 Å². The number of rotatable bonds is 4. The Bertz CT molecular complexity index is 382. The molecule has 1 aliphatic heterocycles. The third kappa shape index (κ3) is 2.21. The molecule has 1 aromatic carbocycles. The van der Waals surface area contributed by atoms with E-state index in [2.05, 4.69) is 63.9 Å². The van der Waals surface area contributed by atoms with Gasteiger partial charge in [-0.3, -0.25) is 0 Å². The molecule has 0 radical (unpaired) electrons. The number of quaternary nitrogens is 1. The smallest absolute Gasteiger partial charge is 0.163 e. The van der Waals surface area contributed by atoms with Gasteiger partial charge in [0.05, 0.1) is 13.6 Å². The average molecular weight is 248 g/mol. The molecule has 0 aromatic heterocycles. The largest absolute Gasteiger partial charge is 0.311 e. The molecule has 1 nitrogen and oxygen atoms in total. The average Bonchev–Trinajstić information content (AvgIpc) is 2.86. The highest BCUT2D eigenvalue weighted by Crippen LogP contribution is 2.54. The molecule has 3 atom stereocenters. The summed E-state index contributed by atoms with van der Waals surface area (Å²) in [5.41, 5.74) is 2.46. The van der Waals surface area contributed by atoms with Crippen molar-refractivity contribution in [2.45, 2.75) is 44.7 Å². The van der Waals surface area contributed by atoms with Gasteiger partial charge in [0.2, 0.25) is 0 Å². The molecule has 0 N–H and O–H groups in total. The fraction of sp³-hybridized carbons (Fsp3) is 0.600. The fourth-order valence-corrected chi connectivity index (χ4v) is 7.24. The van der Waals surface area contributed by atoms with Gasteiger partial charge in [0, 0.05) is 5.56 Å². The number of hydrogen-bond acceptors (Lipinski definition) is 0. The quantitative estimate of drug-likeness (QED) is 0.431. The van der Waals surface area contributed by atoms with Crippen LogP contribution in [-0.4, -0.2) is 31.8 Å². The van der Waals surface area contributed by atoms with Crippen LogP contribution in [0.2, 0.25) is 19.6 Å². The predicted molar refractivity (Wildman–Crippen MR) is 77.7 cm³/mol. The molecule has 2 rings (SSSR count). The summed E-state index contributed by atoms with van der Waals surface area (Å²) in [4.78, 5) is 0. The molecule has 1 unspecified atom stereocenters. The molecule has 1 heterocycles. The molecule has 0 aliphatic carbocycles. The summed E-state index contributed by atoms with van der Waals surface area (Å²) in [6.45, 7) is 11.2. The van der Waals surface area contributed by atoms with E-state index in [4.69, 9.17) is 0 Å². The van der Waals surface area contributed by atoms with E-state index < -0.39 is 8.07 Å². The summed E-state index contributed by atoms with van der Waals surface area (Å²) in [5, 5.41) is 0. The van der Waals surface area contributed by atoms with E-state index in [-0.39, 0.29) is 0 Å². The van der Waals surface area contributed by atoms with Crippen LogP contribution in [0.3, 0.4) is 0 Å². The van der Waals surface area contributed by atoms with Gasteiger partial charge in [-0.15, -0.1) is 0 Å². The molecule has 94 valence electrons. The van der Waals surface area contributed by atoms with Crippen molar-refractivity contribution in [1.82, 2.24) is 0 Å². The van der Waals surface area contributed by atoms with Crippen molar-refractivity contribution < 1.29 is 4.48 Å². The van der Waals surface area contributed by atoms with Gasteiger partial charge >= 0.3 is 0 Å². The first-order valence-corrected chi connectivity index (χ1v) is 10.4. The minimum absolute atomic E-state index is 0.766. The minimum Gasteiger partial charge on any atom is -0.311 e. The lowest BCUT2D eigenvalue weighted by Gasteiger charge is -2.20. The Balaban J connectivity index is 2.29. The Labute approximate surface area is 107 Å². The third-order valence-electron chi connectivity index (χ3n) is 4.21. The van der Waals surface area contributed by atoms with E-state index in [1.807, 2.05) is 0 Å². The van der Waals surface area contributed by atoms with Gasteiger partial charge in [0.1, 0.15) is 13.7 Å². The van der Waals surface area contributed by atoms with Crippen LogP contribution in [0.15, 0.2) is 30.3 Å². The summed E-state index contributed by atoms with van der Waals surface area (Å²) in [7, 11) is 1.39. The molecule has 0 spiro atoms. The highest BCUT2D eigenvalue weighted by Gasteiger charge is 2.68. The lowest BCUT2D eigenvalue weighted by atomic mass is 10.1. The van der Waals surface area contributed by atoms with Crippen molar-refractivity contribution in [3.63, 3.8) is 0 Å². The monoisotopic (exact) mass is 248 g/mol. The highest BCUT2D eigenvalue weighted by molar-refractivity contribution is 6.78. The molecular weight excluding hydrogens is 222 g/mol.